The standard InChI is InChI=1S/C20H16F3N3O/c21-13-6-4-12(5-7-13)20(27)25-17-2-1-3-18-15(17)11-24-26(18)19-9-8-14(22)10-16(19)23/h4-11,17H,1-3H2,(H,25,27). The molecule has 1 heterocycles. The molecule has 0 bridgehead atoms. The highest BCUT2D eigenvalue weighted by atomic mass is 19.1. The summed E-state index contributed by atoms with van der Waals surface area (Å²) in [7, 11) is 0. The maximum Gasteiger partial charge on any atom is 0.251 e. The normalized spacial score (nSPS) is 16.0. The Bertz CT molecular complexity index is 998. The lowest BCUT2D eigenvalue weighted by Gasteiger charge is -2.24. The number of halogens is 3. The molecule has 1 N–H and O–H groups in total. The first kappa shape index (κ1) is 17.3. The second-order valence-electron chi connectivity index (χ2n) is 6.48. The van der Waals surface area contributed by atoms with Gasteiger partial charge in [0.05, 0.1) is 12.2 Å². The van der Waals surface area contributed by atoms with E-state index in [0.29, 0.717) is 12.0 Å². The van der Waals surface area contributed by atoms with Gasteiger partial charge in [-0.15, -0.1) is 0 Å². The first-order valence-electron chi connectivity index (χ1n) is 8.61. The van der Waals surface area contributed by atoms with E-state index in [1.54, 1.807) is 6.20 Å². The van der Waals surface area contributed by atoms with E-state index < -0.39 is 17.5 Å². The Hall–Kier alpha value is -3.09. The van der Waals surface area contributed by atoms with Gasteiger partial charge in [-0.3, -0.25) is 4.79 Å². The summed E-state index contributed by atoms with van der Waals surface area (Å²) in [6, 6.07) is 8.38. The predicted octanol–water partition coefficient (Wildman–Crippen LogP) is 4.10. The minimum atomic E-state index is -0.696. The van der Waals surface area contributed by atoms with Gasteiger partial charge in [0.15, 0.2) is 5.82 Å². The molecule has 0 saturated carbocycles. The van der Waals surface area contributed by atoms with Crippen LogP contribution in [0, 0.1) is 17.5 Å². The van der Waals surface area contributed by atoms with Gasteiger partial charge >= 0.3 is 0 Å². The topological polar surface area (TPSA) is 46.9 Å². The number of carbonyl (C=O) groups is 1. The predicted molar refractivity (Wildman–Crippen MR) is 93.0 cm³/mol. The van der Waals surface area contributed by atoms with Crippen molar-refractivity contribution in [3.63, 3.8) is 0 Å². The molecular formula is C20H16F3N3O. The van der Waals surface area contributed by atoms with Crippen molar-refractivity contribution in [1.82, 2.24) is 15.1 Å². The molecule has 4 nitrogen and oxygen atoms in total. The summed E-state index contributed by atoms with van der Waals surface area (Å²) in [6.07, 6.45) is 3.79. The van der Waals surface area contributed by atoms with Crippen LogP contribution in [0.5, 0.6) is 0 Å². The lowest BCUT2D eigenvalue weighted by atomic mass is 9.92. The van der Waals surface area contributed by atoms with E-state index in [1.807, 2.05) is 0 Å². The van der Waals surface area contributed by atoms with E-state index in [0.717, 1.165) is 30.2 Å². The van der Waals surface area contributed by atoms with Gasteiger partial charge in [0.2, 0.25) is 0 Å². The molecule has 0 radical (unpaired) electrons. The van der Waals surface area contributed by atoms with Gasteiger partial charge in [-0.2, -0.15) is 5.10 Å². The molecule has 1 atom stereocenters. The van der Waals surface area contributed by atoms with Crippen molar-refractivity contribution in [2.24, 2.45) is 0 Å². The molecule has 138 valence electrons. The Morgan fingerprint density at radius 3 is 2.56 bits per heavy atom. The zero-order chi connectivity index (χ0) is 19.0. The van der Waals surface area contributed by atoms with Gasteiger partial charge in [-0.25, -0.2) is 17.9 Å². The molecule has 0 fully saturated rings. The van der Waals surface area contributed by atoms with Crippen molar-refractivity contribution >= 4 is 5.91 Å². The summed E-state index contributed by atoms with van der Waals surface area (Å²) in [5.74, 6) is -2.07. The maximum absolute atomic E-state index is 14.1. The lowest BCUT2D eigenvalue weighted by molar-refractivity contribution is 0.0932. The Labute approximate surface area is 153 Å². The SMILES string of the molecule is O=C(NC1CCCc2c1cnn2-c1ccc(F)cc1F)c1ccc(F)cc1. The third-order valence-electron chi connectivity index (χ3n) is 4.73. The molecular weight excluding hydrogens is 355 g/mol. The highest BCUT2D eigenvalue weighted by Gasteiger charge is 2.27. The molecule has 1 aromatic heterocycles. The van der Waals surface area contributed by atoms with Crippen LogP contribution in [0.4, 0.5) is 13.2 Å². The first-order valence-corrected chi connectivity index (χ1v) is 8.61. The van der Waals surface area contributed by atoms with E-state index in [4.69, 9.17) is 0 Å². The quantitative estimate of drug-likeness (QED) is 0.754. The number of benzene rings is 2. The summed E-state index contributed by atoms with van der Waals surface area (Å²) < 4.78 is 41.8. The molecule has 0 saturated heterocycles. The van der Waals surface area contributed by atoms with Crippen molar-refractivity contribution in [3.8, 4) is 5.69 Å². The molecule has 1 amide bonds. The first-order chi connectivity index (χ1) is 13.0. The van der Waals surface area contributed by atoms with Gasteiger partial charge in [0.1, 0.15) is 17.3 Å². The van der Waals surface area contributed by atoms with Crippen LogP contribution in [0.1, 0.15) is 40.5 Å². The average Bonchev–Trinajstić information content (AvgIpc) is 3.07. The lowest BCUT2D eigenvalue weighted by Crippen LogP contribution is -2.31. The number of rotatable bonds is 3. The molecule has 1 aliphatic carbocycles. The largest absolute Gasteiger partial charge is 0.345 e. The zero-order valence-corrected chi connectivity index (χ0v) is 14.3. The molecule has 0 aliphatic heterocycles. The highest BCUT2D eigenvalue weighted by Crippen LogP contribution is 2.32. The molecule has 2 aromatic carbocycles. The molecule has 27 heavy (non-hydrogen) atoms. The van der Waals surface area contributed by atoms with Crippen LogP contribution in [0.3, 0.4) is 0 Å². The number of nitrogens with zero attached hydrogens (tertiary/aromatic N) is 2. The fraction of sp³-hybridized carbons (Fsp3) is 0.200. The Morgan fingerprint density at radius 1 is 1.07 bits per heavy atom. The van der Waals surface area contributed by atoms with Crippen molar-refractivity contribution in [3.05, 3.63) is 82.9 Å². The summed E-state index contributed by atoms with van der Waals surface area (Å²) >= 11 is 0. The molecule has 0 spiro atoms. The maximum atomic E-state index is 14.1. The molecule has 7 heteroatoms. The van der Waals surface area contributed by atoms with Crippen LogP contribution >= 0.6 is 0 Å². The number of nitrogens with one attached hydrogen (secondary N) is 1. The average molecular weight is 371 g/mol. The third kappa shape index (κ3) is 3.32. The summed E-state index contributed by atoms with van der Waals surface area (Å²) in [5, 5.41) is 7.18. The van der Waals surface area contributed by atoms with Gasteiger partial charge in [-0.05, 0) is 55.7 Å². The van der Waals surface area contributed by atoms with Crippen LogP contribution in [-0.4, -0.2) is 15.7 Å². The van der Waals surface area contributed by atoms with Crippen LogP contribution in [-0.2, 0) is 6.42 Å². The fourth-order valence-electron chi connectivity index (χ4n) is 3.41. The van der Waals surface area contributed by atoms with Crippen LogP contribution in [0.25, 0.3) is 5.69 Å². The minimum absolute atomic E-state index is 0.170. The van der Waals surface area contributed by atoms with Crippen LogP contribution in [0.15, 0.2) is 48.7 Å². The van der Waals surface area contributed by atoms with Gasteiger partial charge in [0, 0.05) is 22.9 Å². The Morgan fingerprint density at radius 2 is 1.81 bits per heavy atom. The number of aromatic nitrogens is 2. The van der Waals surface area contributed by atoms with Crippen molar-refractivity contribution in [1.29, 1.82) is 0 Å². The number of hydrogen-bond donors (Lipinski definition) is 1. The monoisotopic (exact) mass is 371 g/mol. The summed E-state index contributed by atoms with van der Waals surface area (Å²) in [4.78, 5) is 12.4. The van der Waals surface area contributed by atoms with Crippen molar-refractivity contribution in [2.75, 3.05) is 0 Å². The van der Waals surface area contributed by atoms with Gasteiger partial charge < -0.3 is 5.32 Å². The van der Waals surface area contributed by atoms with Crippen LogP contribution in [0.2, 0.25) is 0 Å². The van der Waals surface area contributed by atoms with Crippen molar-refractivity contribution < 1.29 is 18.0 Å². The molecule has 3 aromatic rings. The van der Waals surface area contributed by atoms with Gasteiger partial charge in [0.25, 0.3) is 5.91 Å². The molecule has 1 unspecified atom stereocenters. The fourth-order valence-corrected chi connectivity index (χ4v) is 3.41. The molecule has 4 rings (SSSR count). The van der Waals surface area contributed by atoms with E-state index in [1.165, 1.54) is 41.1 Å². The minimum Gasteiger partial charge on any atom is -0.345 e. The highest BCUT2D eigenvalue weighted by molar-refractivity contribution is 5.94. The van der Waals surface area contributed by atoms with E-state index >= 15 is 0 Å². The van der Waals surface area contributed by atoms with Crippen LogP contribution < -0.4 is 5.32 Å². The Kier molecular flexibility index (Phi) is 4.43. The summed E-state index contributed by atoms with van der Waals surface area (Å²) in [5.41, 5.74) is 2.13. The van der Waals surface area contributed by atoms with E-state index in [-0.39, 0.29) is 17.6 Å². The number of amides is 1. The number of fused-ring (bicyclic) bond motifs is 1. The number of carbonyl (C=O) groups excluding carboxylic acids is 1. The third-order valence-corrected chi connectivity index (χ3v) is 4.73. The molecule has 1 aliphatic rings. The second-order valence-corrected chi connectivity index (χ2v) is 6.48. The van der Waals surface area contributed by atoms with Gasteiger partial charge in [-0.1, -0.05) is 0 Å². The van der Waals surface area contributed by atoms with E-state index in [9.17, 15) is 18.0 Å². The second kappa shape index (κ2) is 6.90. The van der Waals surface area contributed by atoms with E-state index in [2.05, 4.69) is 10.4 Å². The number of hydrogen-bond acceptors (Lipinski definition) is 2. The zero-order valence-electron chi connectivity index (χ0n) is 14.3. The smallest absolute Gasteiger partial charge is 0.251 e. The summed E-state index contributed by atoms with van der Waals surface area (Å²) in [6.45, 7) is 0. The van der Waals surface area contributed by atoms with Crippen molar-refractivity contribution in [2.45, 2.75) is 25.3 Å². The Balaban J connectivity index is 1.62.